The van der Waals surface area contributed by atoms with Gasteiger partial charge < -0.3 is 5.32 Å². The van der Waals surface area contributed by atoms with Gasteiger partial charge in [-0.1, -0.05) is 36.4 Å². The van der Waals surface area contributed by atoms with Crippen molar-refractivity contribution in [3.63, 3.8) is 0 Å². The quantitative estimate of drug-likeness (QED) is 0.690. The van der Waals surface area contributed by atoms with Crippen LogP contribution < -0.4 is 5.32 Å². The molecule has 0 aliphatic heterocycles. The Morgan fingerprint density at radius 1 is 1.00 bits per heavy atom. The number of hydrogen-bond acceptors (Lipinski definition) is 4. The molecule has 0 amide bonds. The maximum Gasteiger partial charge on any atom is 0.107 e. The third-order valence-electron chi connectivity index (χ3n) is 3.03. The van der Waals surface area contributed by atoms with Crippen molar-refractivity contribution >= 4 is 22.7 Å². The summed E-state index contributed by atoms with van der Waals surface area (Å²) in [4.78, 5) is 6.11. The molecule has 2 heterocycles. The van der Waals surface area contributed by atoms with Crippen LogP contribution in [0.2, 0.25) is 0 Å². The van der Waals surface area contributed by atoms with Gasteiger partial charge in [0.1, 0.15) is 5.01 Å². The van der Waals surface area contributed by atoms with Gasteiger partial charge >= 0.3 is 0 Å². The molecule has 0 bridgehead atoms. The molecule has 20 heavy (non-hydrogen) atoms. The summed E-state index contributed by atoms with van der Waals surface area (Å²) in [5.74, 6) is 0. The van der Waals surface area contributed by atoms with Crippen molar-refractivity contribution in [1.82, 2.24) is 10.3 Å². The molecule has 4 heteroatoms. The second kappa shape index (κ2) is 6.79. The molecule has 2 nitrogen and oxygen atoms in total. The van der Waals surface area contributed by atoms with Gasteiger partial charge in [-0.05, 0) is 17.9 Å². The maximum atomic E-state index is 4.67. The van der Waals surface area contributed by atoms with Crippen LogP contribution in [0.25, 0.3) is 11.3 Å². The average Bonchev–Trinajstić information content (AvgIpc) is 3.16. The van der Waals surface area contributed by atoms with Crippen LogP contribution in [0.4, 0.5) is 0 Å². The molecule has 0 radical (unpaired) electrons. The van der Waals surface area contributed by atoms with Crippen molar-refractivity contribution in [2.75, 3.05) is 6.54 Å². The molecule has 0 spiro atoms. The van der Waals surface area contributed by atoms with E-state index in [2.05, 4.69) is 45.3 Å². The average molecular weight is 300 g/mol. The van der Waals surface area contributed by atoms with Gasteiger partial charge in [0, 0.05) is 28.9 Å². The van der Waals surface area contributed by atoms with Crippen LogP contribution in [0.3, 0.4) is 0 Å². The second-order valence-electron chi connectivity index (χ2n) is 4.50. The van der Waals surface area contributed by atoms with Gasteiger partial charge in [-0.25, -0.2) is 4.98 Å². The zero-order chi connectivity index (χ0) is 13.6. The summed E-state index contributed by atoms with van der Waals surface area (Å²) in [5.41, 5.74) is 2.26. The van der Waals surface area contributed by atoms with Gasteiger partial charge in [0.25, 0.3) is 0 Å². The second-order valence-corrected chi connectivity index (χ2v) is 6.47. The van der Waals surface area contributed by atoms with E-state index >= 15 is 0 Å². The number of thiophene rings is 1. The van der Waals surface area contributed by atoms with Gasteiger partial charge in [0.05, 0.1) is 5.69 Å². The molecule has 1 N–H and O–H groups in total. The van der Waals surface area contributed by atoms with Gasteiger partial charge in [-0.15, -0.1) is 22.7 Å². The first-order valence-electron chi connectivity index (χ1n) is 6.65. The molecule has 102 valence electrons. The zero-order valence-electron chi connectivity index (χ0n) is 11.1. The van der Waals surface area contributed by atoms with Crippen LogP contribution in [0, 0.1) is 0 Å². The molecule has 0 saturated heterocycles. The molecule has 3 rings (SSSR count). The maximum absolute atomic E-state index is 4.67. The topological polar surface area (TPSA) is 24.9 Å². The molecule has 0 atom stereocenters. The van der Waals surface area contributed by atoms with Crippen molar-refractivity contribution < 1.29 is 0 Å². The van der Waals surface area contributed by atoms with Gasteiger partial charge in [-0.3, -0.25) is 0 Å². The Morgan fingerprint density at radius 2 is 1.90 bits per heavy atom. The van der Waals surface area contributed by atoms with Crippen LogP contribution in [0.15, 0.2) is 53.2 Å². The Morgan fingerprint density at radius 3 is 2.70 bits per heavy atom. The van der Waals surface area contributed by atoms with E-state index in [1.54, 1.807) is 11.3 Å². The lowest BCUT2D eigenvalue weighted by Crippen LogP contribution is -2.16. The molecular formula is C16H16N2S2. The number of thiazole rings is 1. The molecule has 1 aromatic carbocycles. The number of rotatable bonds is 6. The van der Waals surface area contributed by atoms with Crippen LogP contribution in [0.1, 0.15) is 9.88 Å². The molecule has 3 aromatic rings. The number of hydrogen-bond donors (Lipinski definition) is 1. The van der Waals surface area contributed by atoms with Gasteiger partial charge in [0.2, 0.25) is 0 Å². The Bertz CT molecular complexity index is 630. The molecule has 2 aromatic heterocycles. The van der Waals surface area contributed by atoms with E-state index in [9.17, 15) is 0 Å². The molecular weight excluding hydrogens is 284 g/mol. The summed E-state index contributed by atoms with van der Waals surface area (Å²) in [5, 5.41) is 8.87. The van der Waals surface area contributed by atoms with Gasteiger partial charge in [0.15, 0.2) is 0 Å². The molecule has 0 unspecified atom stereocenters. The van der Waals surface area contributed by atoms with Crippen molar-refractivity contribution in [3.05, 3.63) is 63.1 Å². The minimum Gasteiger partial charge on any atom is -0.310 e. The third-order valence-corrected chi connectivity index (χ3v) is 4.81. The summed E-state index contributed by atoms with van der Waals surface area (Å²) in [7, 11) is 0. The van der Waals surface area contributed by atoms with E-state index in [0.717, 1.165) is 30.2 Å². The fourth-order valence-corrected chi connectivity index (χ4v) is 3.48. The predicted octanol–water partition coefficient (Wildman–Crippen LogP) is 4.20. The Hall–Kier alpha value is -1.49. The summed E-state index contributed by atoms with van der Waals surface area (Å²) < 4.78 is 0. The Labute approximate surface area is 127 Å². The minimum atomic E-state index is 0.850. The number of aromatic nitrogens is 1. The summed E-state index contributed by atoms with van der Waals surface area (Å²) in [6, 6.07) is 14.6. The summed E-state index contributed by atoms with van der Waals surface area (Å²) in [6.45, 7) is 1.85. The van der Waals surface area contributed by atoms with Crippen LogP contribution in [-0.4, -0.2) is 11.5 Å². The Balaban J connectivity index is 1.50. The highest BCUT2D eigenvalue weighted by atomic mass is 32.1. The van der Waals surface area contributed by atoms with E-state index in [1.807, 2.05) is 29.5 Å². The number of nitrogens with zero attached hydrogens (tertiary/aromatic N) is 1. The SMILES string of the molecule is c1ccc(-c2csc(CNCCc3cccs3)n2)cc1. The first-order chi connectivity index (χ1) is 9.92. The van der Waals surface area contributed by atoms with Crippen LogP contribution >= 0.6 is 22.7 Å². The van der Waals surface area contributed by atoms with E-state index in [1.165, 1.54) is 10.4 Å². The van der Waals surface area contributed by atoms with Crippen molar-refractivity contribution in [2.24, 2.45) is 0 Å². The zero-order valence-corrected chi connectivity index (χ0v) is 12.7. The highest BCUT2D eigenvalue weighted by molar-refractivity contribution is 7.10. The fourth-order valence-electron chi connectivity index (χ4n) is 2.00. The van der Waals surface area contributed by atoms with Crippen LogP contribution in [0.5, 0.6) is 0 Å². The largest absolute Gasteiger partial charge is 0.310 e. The minimum absolute atomic E-state index is 0.850. The summed E-state index contributed by atoms with van der Waals surface area (Å²) in [6.07, 6.45) is 1.09. The lowest BCUT2D eigenvalue weighted by Gasteiger charge is -2.00. The lowest BCUT2D eigenvalue weighted by atomic mass is 10.2. The smallest absolute Gasteiger partial charge is 0.107 e. The van der Waals surface area contributed by atoms with Crippen molar-refractivity contribution in [1.29, 1.82) is 0 Å². The Kier molecular flexibility index (Phi) is 4.58. The highest BCUT2D eigenvalue weighted by Gasteiger charge is 2.03. The monoisotopic (exact) mass is 300 g/mol. The van der Waals surface area contributed by atoms with E-state index in [4.69, 9.17) is 0 Å². The number of nitrogens with one attached hydrogen (secondary N) is 1. The molecule has 0 aliphatic rings. The first-order valence-corrected chi connectivity index (χ1v) is 8.41. The fraction of sp³-hybridized carbons (Fsp3) is 0.188. The molecule has 0 fully saturated rings. The van der Waals surface area contributed by atoms with Crippen molar-refractivity contribution in [3.8, 4) is 11.3 Å². The molecule has 0 saturated carbocycles. The normalized spacial score (nSPS) is 10.8. The molecule has 0 aliphatic carbocycles. The standard InChI is InChI=1S/C16H16N2S2/c1-2-5-13(6-3-1)15-12-20-16(18-15)11-17-9-8-14-7-4-10-19-14/h1-7,10,12,17H,8-9,11H2. The highest BCUT2D eigenvalue weighted by Crippen LogP contribution is 2.21. The predicted molar refractivity (Wildman–Crippen MR) is 87.3 cm³/mol. The van der Waals surface area contributed by atoms with E-state index in [-0.39, 0.29) is 0 Å². The third kappa shape index (κ3) is 3.54. The lowest BCUT2D eigenvalue weighted by molar-refractivity contribution is 0.688. The van der Waals surface area contributed by atoms with Crippen LogP contribution in [-0.2, 0) is 13.0 Å². The van der Waals surface area contributed by atoms with Gasteiger partial charge in [-0.2, -0.15) is 0 Å². The van der Waals surface area contributed by atoms with Crippen molar-refractivity contribution in [2.45, 2.75) is 13.0 Å². The number of benzene rings is 1. The summed E-state index contributed by atoms with van der Waals surface area (Å²) >= 11 is 3.54. The van der Waals surface area contributed by atoms with E-state index in [0.29, 0.717) is 0 Å². The van der Waals surface area contributed by atoms with E-state index < -0.39 is 0 Å². The first kappa shape index (κ1) is 13.5.